The number of rotatable bonds is 14. The molecular formula is C52H68O2. The second-order valence-electron chi connectivity index (χ2n) is 18.5. The van der Waals surface area contributed by atoms with Crippen molar-refractivity contribution in [2.24, 2.45) is 46.3 Å². The maximum absolute atomic E-state index is 6.91. The predicted octanol–water partition coefficient (Wildman–Crippen LogP) is 13.2. The van der Waals surface area contributed by atoms with Crippen LogP contribution in [0, 0.1) is 58.2 Å². The van der Waals surface area contributed by atoms with Gasteiger partial charge in [-0.3, -0.25) is 0 Å². The lowest BCUT2D eigenvalue weighted by atomic mass is 9.47. The first kappa shape index (κ1) is 39.1. The summed E-state index contributed by atoms with van der Waals surface area (Å²) in [5.41, 5.74) is 5.34. The number of benzene rings is 3. The van der Waals surface area contributed by atoms with Crippen LogP contribution in [0.4, 0.5) is 0 Å². The van der Waals surface area contributed by atoms with Crippen molar-refractivity contribution in [1.29, 1.82) is 0 Å². The normalized spacial score (nSPS) is 29.7. The Morgan fingerprint density at radius 3 is 1.93 bits per heavy atom. The van der Waals surface area contributed by atoms with E-state index < -0.39 is 5.60 Å². The summed E-state index contributed by atoms with van der Waals surface area (Å²) < 4.78 is 13.5. The highest BCUT2D eigenvalue weighted by molar-refractivity contribution is 5.47. The first-order valence-corrected chi connectivity index (χ1v) is 21.8. The first-order chi connectivity index (χ1) is 26.3. The van der Waals surface area contributed by atoms with E-state index in [0.717, 1.165) is 65.0 Å². The van der Waals surface area contributed by atoms with Gasteiger partial charge in [-0.05, 0) is 114 Å². The molecule has 3 saturated carbocycles. The van der Waals surface area contributed by atoms with Crippen molar-refractivity contribution >= 4 is 0 Å². The van der Waals surface area contributed by atoms with Gasteiger partial charge in [-0.15, -0.1) is 11.8 Å². The topological polar surface area (TPSA) is 18.5 Å². The number of allylic oxidation sites excluding steroid dienone is 1. The zero-order valence-corrected chi connectivity index (χ0v) is 34.2. The molecule has 4 aliphatic carbocycles. The minimum atomic E-state index is -0.694. The fourth-order valence-electron chi connectivity index (χ4n) is 12.3. The Hall–Kier alpha value is -3.12. The third kappa shape index (κ3) is 7.93. The largest absolute Gasteiger partial charge is 0.377 e. The molecule has 3 aromatic rings. The Morgan fingerprint density at radius 1 is 0.704 bits per heavy atom. The summed E-state index contributed by atoms with van der Waals surface area (Å²) in [6, 6.07) is 31.8. The van der Waals surface area contributed by atoms with Crippen LogP contribution in [0.25, 0.3) is 0 Å². The van der Waals surface area contributed by atoms with Crippen LogP contribution in [0.15, 0.2) is 103 Å². The summed E-state index contributed by atoms with van der Waals surface area (Å²) in [6.45, 7) is 14.0. The van der Waals surface area contributed by atoms with Gasteiger partial charge in [0.25, 0.3) is 0 Å². The lowest BCUT2D eigenvalue weighted by molar-refractivity contribution is -0.0635. The summed E-state index contributed by atoms with van der Waals surface area (Å²) in [5.74, 6) is 12.1. The molecule has 0 bridgehead atoms. The molecule has 0 radical (unpaired) electrons. The smallest absolute Gasteiger partial charge is 0.143 e. The summed E-state index contributed by atoms with van der Waals surface area (Å²) >= 11 is 0. The van der Waals surface area contributed by atoms with E-state index in [-0.39, 0.29) is 0 Å². The zero-order valence-electron chi connectivity index (χ0n) is 34.2. The molecule has 3 fully saturated rings. The van der Waals surface area contributed by atoms with Gasteiger partial charge in [0.15, 0.2) is 0 Å². The van der Waals surface area contributed by atoms with Crippen molar-refractivity contribution in [3.05, 3.63) is 119 Å². The van der Waals surface area contributed by atoms with E-state index in [1.165, 1.54) is 64.2 Å². The number of fused-ring (bicyclic) bond motifs is 5. The molecule has 0 spiro atoms. The molecular weight excluding hydrogens is 657 g/mol. The molecule has 2 heteroatoms. The molecule has 8 atom stereocenters. The highest BCUT2D eigenvalue weighted by atomic mass is 16.5. The van der Waals surface area contributed by atoms with Crippen LogP contribution in [-0.4, -0.2) is 19.3 Å². The maximum atomic E-state index is 6.91. The van der Waals surface area contributed by atoms with Gasteiger partial charge in [0.1, 0.15) is 5.60 Å². The molecule has 54 heavy (non-hydrogen) atoms. The third-order valence-corrected chi connectivity index (χ3v) is 15.1. The van der Waals surface area contributed by atoms with Crippen molar-refractivity contribution in [3.8, 4) is 11.8 Å². The van der Waals surface area contributed by atoms with Gasteiger partial charge >= 0.3 is 0 Å². The standard InChI is InChI=1S/C52H68O2/c1-39(2)20-19-21-40(3)47-30-31-48-46-29-28-44-38-45(32-34-50(44,4)49(46)33-35-51(47,48)5)53-36-17-6-7-18-37-54-52(41-22-11-8-12-23-41,42-24-13-9-14-25-42)43-26-15-10-16-27-43/h8-16,22-28,39-40,45-49H,17-21,29-38H2,1-5H3/t40-,45+,46+,47-,48+,49+,50+,51-/m1/s1. The van der Waals surface area contributed by atoms with Gasteiger partial charge in [0.05, 0.1) is 19.3 Å². The Labute approximate surface area is 328 Å². The Kier molecular flexibility index (Phi) is 12.6. The molecule has 4 aliphatic rings. The fourth-order valence-corrected chi connectivity index (χ4v) is 12.3. The van der Waals surface area contributed by atoms with Gasteiger partial charge in [-0.2, -0.15) is 0 Å². The van der Waals surface area contributed by atoms with Crippen LogP contribution in [0.5, 0.6) is 0 Å². The fraction of sp³-hybridized carbons (Fsp3) is 0.577. The van der Waals surface area contributed by atoms with Gasteiger partial charge in [0, 0.05) is 12.8 Å². The first-order valence-electron chi connectivity index (χ1n) is 21.8. The molecule has 2 nitrogen and oxygen atoms in total. The van der Waals surface area contributed by atoms with Crippen LogP contribution < -0.4 is 0 Å². The second kappa shape index (κ2) is 17.3. The number of ether oxygens (including phenoxy) is 2. The van der Waals surface area contributed by atoms with E-state index in [1.54, 1.807) is 5.57 Å². The molecule has 0 unspecified atom stereocenters. The van der Waals surface area contributed by atoms with Crippen molar-refractivity contribution < 1.29 is 9.47 Å². The van der Waals surface area contributed by atoms with Crippen LogP contribution in [0.1, 0.15) is 135 Å². The van der Waals surface area contributed by atoms with Gasteiger partial charge in [-0.25, -0.2) is 0 Å². The lowest BCUT2D eigenvalue weighted by Gasteiger charge is -2.58. The maximum Gasteiger partial charge on any atom is 0.143 e. The van der Waals surface area contributed by atoms with Crippen LogP contribution in [0.3, 0.4) is 0 Å². The summed E-state index contributed by atoms with van der Waals surface area (Å²) in [4.78, 5) is 0. The zero-order chi connectivity index (χ0) is 37.6. The average molecular weight is 725 g/mol. The molecule has 0 amide bonds. The van der Waals surface area contributed by atoms with Crippen molar-refractivity contribution in [2.45, 2.75) is 130 Å². The van der Waals surface area contributed by atoms with Crippen molar-refractivity contribution in [1.82, 2.24) is 0 Å². The van der Waals surface area contributed by atoms with Crippen LogP contribution in [0.2, 0.25) is 0 Å². The molecule has 0 aliphatic heterocycles. The van der Waals surface area contributed by atoms with E-state index in [9.17, 15) is 0 Å². The quantitative estimate of drug-likeness (QED) is 0.0713. The summed E-state index contributed by atoms with van der Waals surface area (Å²) in [6.07, 6.45) is 19.5. The SMILES string of the molecule is CC(C)CCC[C@@H](C)[C@H]1CC[C@H]2[C@@H]3CC=C4C[C@@H](OCCC#CCCOC(c5ccccc5)(c5ccccc5)c5ccccc5)CC[C@]4(C)[C@H]3CC[C@]12C. The van der Waals surface area contributed by atoms with Crippen molar-refractivity contribution in [2.75, 3.05) is 13.2 Å². The summed E-state index contributed by atoms with van der Waals surface area (Å²) in [5, 5.41) is 0. The van der Waals surface area contributed by atoms with Crippen LogP contribution >= 0.6 is 0 Å². The van der Waals surface area contributed by atoms with E-state index in [0.29, 0.717) is 36.6 Å². The Bertz CT molecular complexity index is 1620. The third-order valence-electron chi connectivity index (χ3n) is 15.1. The van der Waals surface area contributed by atoms with E-state index in [2.05, 4.69) is 144 Å². The molecule has 0 aromatic heterocycles. The molecule has 7 rings (SSSR count). The van der Waals surface area contributed by atoms with Crippen molar-refractivity contribution in [3.63, 3.8) is 0 Å². The molecule has 3 aromatic carbocycles. The Balaban J connectivity index is 0.910. The predicted molar refractivity (Wildman–Crippen MR) is 225 cm³/mol. The van der Waals surface area contributed by atoms with Gasteiger partial charge < -0.3 is 9.47 Å². The average Bonchev–Trinajstić information content (AvgIpc) is 3.55. The van der Waals surface area contributed by atoms with E-state index in [4.69, 9.17) is 9.47 Å². The minimum absolute atomic E-state index is 0.339. The molecule has 0 heterocycles. The lowest BCUT2D eigenvalue weighted by Crippen LogP contribution is -2.51. The highest BCUT2D eigenvalue weighted by Gasteiger charge is 2.59. The van der Waals surface area contributed by atoms with E-state index >= 15 is 0 Å². The van der Waals surface area contributed by atoms with E-state index in [1.807, 2.05) is 0 Å². The van der Waals surface area contributed by atoms with Gasteiger partial charge in [0.2, 0.25) is 0 Å². The molecule has 0 saturated heterocycles. The highest BCUT2D eigenvalue weighted by Crippen LogP contribution is 2.67. The number of hydrogen-bond acceptors (Lipinski definition) is 2. The Morgan fingerprint density at radius 2 is 1.31 bits per heavy atom. The summed E-state index contributed by atoms with van der Waals surface area (Å²) in [7, 11) is 0. The van der Waals surface area contributed by atoms with Crippen LogP contribution in [-0.2, 0) is 15.1 Å². The number of hydrogen-bond donors (Lipinski definition) is 0. The monoisotopic (exact) mass is 725 g/mol. The second-order valence-corrected chi connectivity index (χ2v) is 18.5. The minimum Gasteiger partial charge on any atom is -0.377 e. The van der Waals surface area contributed by atoms with Gasteiger partial charge in [-0.1, -0.05) is 157 Å². The molecule has 288 valence electrons. The molecule has 0 N–H and O–H groups in total.